The van der Waals surface area contributed by atoms with Crippen LogP contribution in [0.15, 0.2) is 60.1 Å². The first-order valence-electron chi connectivity index (χ1n) is 8.38. The molecule has 0 fully saturated rings. The Labute approximate surface area is 157 Å². The number of anilines is 2. The minimum Gasteiger partial charge on any atom is -0.497 e. The maximum Gasteiger partial charge on any atom is 0.229 e. The van der Waals surface area contributed by atoms with Crippen LogP contribution in [0, 0.1) is 0 Å². The van der Waals surface area contributed by atoms with E-state index in [9.17, 15) is 4.79 Å². The average Bonchev–Trinajstić information content (AvgIpc) is 3.16. The van der Waals surface area contributed by atoms with Crippen molar-refractivity contribution >= 4 is 28.7 Å². The number of amides is 1. The highest BCUT2D eigenvalue weighted by molar-refractivity contribution is 7.10. The van der Waals surface area contributed by atoms with Gasteiger partial charge in [0, 0.05) is 11.4 Å². The van der Waals surface area contributed by atoms with Gasteiger partial charge in [-0.25, -0.2) is 4.98 Å². The molecule has 2 N–H and O–H groups in total. The fraction of sp³-hybridized carbons (Fsp3) is 0.200. The zero-order chi connectivity index (χ0) is 18.2. The highest BCUT2D eigenvalue weighted by atomic mass is 32.1. The van der Waals surface area contributed by atoms with E-state index >= 15 is 0 Å². The van der Waals surface area contributed by atoms with Gasteiger partial charge in [0.1, 0.15) is 11.6 Å². The molecule has 2 aromatic heterocycles. The predicted molar refractivity (Wildman–Crippen MR) is 106 cm³/mol. The van der Waals surface area contributed by atoms with Gasteiger partial charge in [0.25, 0.3) is 0 Å². The molecule has 0 saturated carbocycles. The summed E-state index contributed by atoms with van der Waals surface area (Å²) in [6.07, 6.45) is 2.95. The number of hydrogen-bond acceptors (Lipinski definition) is 5. The minimum absolute atomic E-state index is 0.0329. The largest absolute Gasteiger partial charge is 0.497 e. The lowest BCUT2D eigenvalue weighted by molar-refractivity contribution is -0.115. The monoisotopic (exact) mass is 367 g/mol. The number of thiophene rings is 1. The van der Waals surface area contributed by atoms with Crippen LogP contribution in [0.1, 0.15) is 10.4 Å². The van der Waals surface area contributed by atoms with E-state index in [1.807, 2.05) is 41.8 Å². The van der Waals surface area contributed by atoms with Crippen LogP contribution in [-0.4, -0.2) is 24.5 Å². The summed E-state index contributed by atoms with van der Waals surface area (Å²) >= 11 is 1.58. The third kappa shape index (κ3) is 5.32. The van der Waals surface area contributed by atoms with E-state index in [0.29, 0.717) is 12.1 Å². The Morgan fingerprint density at radius 3 is 2.65 bits per heavy atom. The molecule has 0 aliphatic heterocycles. The smallest absolute Gasteiger partial charge is 0.229 e. The molecule has 0 radical (unpaired) electrons. The van der Waals surface area contributed by atoms with E-state index in [2.05, 4.69) is 27.8 Å². The summed E-state index contributed by atoms with van der Waals surface area (Å²) < 4.78 is 5.16. The topological polar surface area (TPSA) is 63.2 Å². The standard InChI is InChI=1S/C20H21N3O2S/c1-25-17-7-4-15(5-8-17)10-11-21-19-9-6-16(14-22-19)23-20(24)13-18-3-2-12-26-18/h2-9,12,14H,10-11,13H2,1H3,(H,21,22)(H,23,24). The number of carbonyl (C=O) groups is 1. The van der Waals surface area contributed by atoms with Crippen molar-refractivity contribution in [2.45, 2.75) is 12.8 Å². The second-order valence-corrected chi connectivity index (χ2v) is 6.79. The second-order valence-electron chi connectivity index (χ2n) is 5.76. The molecule has 0 aliphatic rings. The lowest BCUT2D eigenvalue weighted by Crippen LogP contribution is -2.14. The third-order valence-electron chi connectivity index (χ3n) is 3.84. The molecule has 1 amide bonds. The van der Waals surface area contributed by atoms with E-state index in [1.165, 1.54) is 5.56 Å². The van der Waals surface area contributed by atoms with Gasteiger partial charge in [-0.05, 0) is 47.7 Å². The number of nitrogens with zero attached hydrogens (tertiary/aromatic N) is 1. The second kappa shape index (κ2) is 9.01. The highest BCUT2D eigenvalue weighted by Gasteiger charge is 2.05. The summed E-state index contributed by atoms with van der Waals surface area (Å²) in [4.78, 5) is 17.4. The van der Waals surface area contributed by atoms with Crippen LogP contribution in [0.5, 0.6) is 5.75 Å². The SMILES string of the molecule is COc1ccc(CCNc2ccc(NC(=O)Cc3cccs3)cn2)cc1. The first kappa shape index (κ1) is 17.9. The van der Waals surface area contributed by atoms with Crippen LogP contribution >= 0.6 is 11.3 Å². The van der Waals surface area contributed by atoms with Crippen LogP contribution in [0.2, 0.25) is 0 Å². The van der Waals surface area contributed by atoms with Gasteiger partial charge >= 0.3 is 0 Å². The average molecular weight is 367 g/mol. The molecule has 1 aromatic carbocycles. The zero-order valence-electron chi connectivity index (χ0n) is 14.6. The third-order valence-corrected chi connectivity index (χ3v) is 4.72. The number of ether oxygens (including phenoxy) is 1. The highest BCUT2D eigenvalue weighted by Crippen LogP contribution is 2.14. The molecular weight excluding hydrogens is 346 g/mol. The van der Waals surface area contributed by atoms with E-state index < -0.39 is 0 Å². The van der Waals surface area contributed by atoms with E-state index in [1.54, 1.807) is 24.6 Å². The van der Waals surface area contributed by atoms with Gasteiger partial charge in [-0.3, -0.25) is 4.79 Å². The van der Waals surface area contributed by atoms with Gasteiger partial charge in [0.05, 0.1) is 25.4 Å². The molecule has 0 spiro atoms. The van der Waals surface area contributed by atoms with Crippen molar-refractivity contribution in [2.24, 2.45) is 0 Å². The first-order chi connectivity index (χ1) is 12.7. The minimum atomic E-state index is -0.0329. The predicted octanol–water partition coefficient (Wildman–Crippen LogP) is 3.99. The quantitative estimate of drug-likeness (QED) is 0.632. The Kier molecular flexibility index (Phi) is 6.22. The molecule has 0 unspecified atom stereocenters. The number of aromatic nitrogens is 1. The maximum atomic E-state index is 12.0. The Morgan fingerprint density at radius 1 is 1.15 bits per heavy atom. The molecule has 0 saturated heterocycles. The number of hydrogen-bond donors (Lipinski definition) is 2. The molecular formula is C20H21N3O2S. The first-order valence-corrected chi connectivity index (χ1v) is 9.26. The van der Waals surface area contributed by atoms with Crippen LogP contribution in [0.4, 0.5) is 11.5 Å². The van der Waals surface area contributed by atoms with Crippen LogP contribution in [0.3, 0.4) is 0 Å². The number of rotatable bonds is 8. The van der Waals surface area contributed by atoms with Crippen LogP contribution < -0.4 is 15.4 Å². The Balaban J connectivity index is 1.44. The number of carbonyl (C=O) groups excluding carboxylic acids is 1. The van der Waals surface area contributed by atoms with E-state index in [-0.39, 0.29) is 5.91 Å². The van der Waals surface area contributed by atoms with Gasteiger partial charge in [-0.2, -0.15) is 0 Å². The Morgan fingerprint density at radius 2 is 2.00 bits per heavy atom. The van der Waals surface area contributed by atoms with Gasteiger partial charge in [-0.15, -0.1) is 11.3 Å². The molecule has 26 heavy (non-hydrogen) atoms. The molecule has 0 bridgehead atoms. The van der Waals surface area contributed by atoms with Crippen molar-refractivity contribution in [3.8, 4) is 5.75 Å². The van der Waals surface area contributed by atoms with Crippen molar-refractivity contribution in [1.82, 2.24) is 4.98 Å². The maximum absolute atomic E-state index is 12.0. The summed E-state index contributed by atoms with van der Waals surface area (Å²) in [5, 5.41) is 8.12. The number of nitrogens with one attached hydrogen (secondary N) is 2. The van der Waals surface area contributed by atoms with Crippen LogP contribution in [0.25, 0.3) is 0 Å². The molecule has 0 atom stereocenters. The number of benzene rings is 1. The van der Waals surface area contributed by atoms with Gasteiger partial charge in [0.15, 0.2) is 0 Å². The molecule has 134 valence electrons. The summed E-state index contributed by atoms with van der Waals surface area (Å²) in [5.41, 5.74) is 1.93. The lowest BCUT2D eigenvalue weighted by atomic mass is 10.1. The van der Waals surface area contributed by atoms with Crippen molar-refractivity contribution in [2.75, 3.05) is 24.3 Å². The Bertz CT molecular complexity index is 815. The summed E-state index contributed by atoms with van der Waals surface area (Å²) in [5.74, 6) is 1.62. The fourth-order valence-corrected chi connectivity index (χ4v) is 3.18. The molecule has 0 aliphatic carbocycles. The number of pyridine rings is 1. The molecule has 6 heteroatoms. The van der Waals surface area contributed by atoms with E-state index in [0.717, 1.165) is 29.4 Å². The van der Waals surface area contributed by atoms with Crippen molar-refractivity contribution in [3.05, 3.63) is 70.5 Å². The normalized spacial score (nSPS) is 10.3. The van der Waals surface area contributed by atoms with E-state index in [4.69, 9.17) is 4.74 Å². The molecule has 3 rings (SSSR count). The molecule has 5 nitrogen and oxygen atoms in total. The van der Waals surface area contributed by atoms with Crippen molar-refractivity contribution < 1.29 is 9.53 Å². The number of methoxy groups -OCH3 is 1. The van der Waals surface area contributed by atoms with Gasteiger partial charge in [-0.1, -0.05) is 18.2 Å². The van der Waals surface area contributed by atoms with Crippen LogP contribution in [-0.2, 0) is 17.6 Å². The zero-order valence-corrected chi connectivity index (χ0v) is 15.4. The van der Waals surface area contributed by atoms with Gasteiger partial charge in [0.2, 0.25) is 5.91 Å². The summed E-state index contributed by atoms with van der Waals surface area (Å²) in [6.45, 7) is 0.781. The van der Waals surface area contributed by atoms with Crippen molar-refractivity contribution in [3.63, 3.8) is 0 Å². The van der Waals surface area contributed by atoms with Crippen molar-refractivity contribution in [1.29, 1.82) is 0 Å². The van der Waals surface area contributed by atoms with Gasteiger partial charge < -0.3 is 15.4 Å². The summed E-state index contributed by atoms with van der Waals surface area (Å²) in [7, 11) is 1.66. The fourth-order valence-electron chi connectivity index (χ4n) is 2.48. The Hall–Kier alpha value is -2.86. The molecule has 3 aromatic rings. The molecule has 2 heterocycles. The lowest BCUT2D eigenvalue weighted by Gasteiger charge is -2.08. The summed E-state index contributed by atoms with van der Waals surface area (Å²) in [6, 6.07) is 15.7.